The van der Waals surface area contributed by atoms with Crippen LogP contribution in [-0.2, 0) is 15.8 Å². The van der Waals surface area contributed by atoms with Gasteiger partial charge in [-0.2, -0.15) is 0 Å². The number of carboxylic acids is 1. The number of hydrogen-bond acceptors (Lipinski definition) is 3. The quantitative estimate of drug-likeness (QED) is 0.598. The van der Waals surface area contributed by atoms with Crippen LogP contribution in [0.2, 0.25) is 0 Å². The van der Waals surface area contributed by atoms with E-state index in [1.165, 1.54) is 0 Å². The highest BCUT2D eigenvalue weighted by molar-refractivity contribution is 7.56. The minimum atomic E-state index is -4.23. The van der Waals surface area contributed by atoms with E-state index in [4.69, 9.17) is 10.00 Å². The highest BCUT2D eigenvalue weighted by atomic mass is 31.2. The molecule has 0 spiro atoms. The summed E-state index contributed by atoms with van der Waals surface area (Å²) in [7, 11) is -4.23. The van der Waals surface area contributed by atoms with Crippen molar-refractivity contribution in [2.75, 3.05) is 6.16 Å². The fraction of sp³-hybridized carbons (Fsp3) is 0.300. The summed E-state index contributed by atoms with van der Waals surface area (Å²) in [6.07, 6.45) is -0.545. The lowest BCUT2D eigenvalue weighted by atomic mass is 10.0. The molecule has 2 unspecified atom stereocenters. The second kappa shape index (κ2) is 5.70. The van der Waals surface area contributed by atoms with Gasteiger partial charge in [-0.25, -0.2) is 0 Å². The Morgan fingerprint density at radius 3 is 2.41 bits per heavy atom. The van der Waals surface area contributed by atoms with E-state index in [2.05, 4.69) is 4.95 Å². The van der Waals surface area contributed by atoms with Gasteiger partial charge >= 0.3 is 13.5 Å². The van der Waals surface area contributed by atoms with Crippen LogP contribution in [0.1, 0.15) is 5.56 Å². The summed E-state index contributed by atoms with van der Waals surface area (Å²) in [5, 5.41) is 8.92. The molecule has 0 fully saturated rings. The van der Waals surface area contributed by atoms with Crippen LogP contribution in [0.15, 0.2) is 35.3 Å². The van der Waals surface area contributed by atoms with Crippen LogP contribution >= 0.6 is 7.52 Å². The molecule has 7 heteroatoms. The number of rotatable bonds is 6. The number of carbonyl (C=O) groups is 1. The van der Waals surface area contributed by atoms with Crippen LogP contribution in [0, 0.1) is 10.8 Å². The topological polar surface area (TPSA) is 104 Å². The lowest BCUT2D eigenvalue weighted by Crippen LogP contribution is -2.20. The first-order valence-corrected chi connectivity index (χ1v) is 6.68. The third-order valence-electron chi connectivity index (χ3n) is 2.26. The number of hydrogen-bond donors (Lipinski definition) is 2. The summed E-state index contributed by atoms with van der Waals surface area (Å²) in [4.78, 5) is 32.1. The average molecular weight is 257 g/mol. The molecular weight excluding hydrogens is 245 g/mol. The Kier molecular flexibility index (Phi) is 4.54. The summed E-state index contributed by atoms with van der Waals surface area (Å²) < 4.78 is 11.1. The molecule has 1 rings (SSSR count). The summed E-state index contributed by atoms with van der Waals surface area (Å²) >= 11 is 0. The second-order valence-electron chi connectivity index (χ2n) is 3.65. The fourth-order valence-electron chi connectivity index (χ4n) is 1.45. The van der Waals surface area contributed by atoms with Gasteiger partial charge in [0, 0.05) is 4.95 Å². The van der Waals surface area contributed by atoms with Crippen molar-refractivity contribution < 1.29 is 19.4 Å². The number of carboxylic acid groups (broad SMARTS) is 1. The van der Waals surface area contributed by atoms with Gasteiger partial charge in [-0.15, -0.1) is 4.91 Å². The molecule has 0 aliphatic carbocycles. The van der Waals surface area contributed by atoms with E-state index in [1.54, 1.807) is 30.3 Å². The standard InChI is InChI=1S/C10H12NO5P/c12-10(13)9(7-17(15,16)11-14)6-8-4-2-1-3-5-8/h1-5,9H,6-7H2,(H,12,13)(H,15,16). The predicted octanol–water partition coefficient (Wildman–Crippen LogP) is 1.88. The van der Waals surface area contributed by atoms with Gasteiger partial charge < -0.3 is 10.00 Å². The average Bonchev–Trinajstić information content (AvgIpc) is 2.29. The number of benzene rings is 1. The largest absolute Gasteiger partial charge is 0.481 e. The normalized spacial score (nSPS) is 15.8. The molecule has 0 aromatic heterocycles. The Morgan fingerprint density at radius 1 is 1.35 bits per heavy atom. The van der Waals surface area contributed by atoms with Gasteiger partial charge in [0.2, 0.25) is 0 Å². The highest BCUT2D eigenvalue weighted by Crippen LogP contribution is 2.44. The Morgan fingerprint density at radius 2 is 1.94 bits per heavy atom. The van der Waals surface area contributed by atoms with Crippen molar-refractivity contribution in [3.63, 3.8) is 0 Å². The van der Waals surface area contributed by atoms with Crippen molar-refractivity contribution in [3.8, 4) is 0 Å². The summed E-state index contributed by atoms with van der Waals surface area (Å²) in [6, 6.07) is 8.69. The number of nitroso groups, excluding NO2 is 1. The SMILES string of the molecule is O=NP(=O)(O)CC(Cc1ccccc1)C(=O)O. The lowest BCUT2D eigenvalue weighted by Gasteiger charge is -2.12. The summed E-state index contributed by atoms with van der Waals surface area (Å²) in [6.45, 7) is 0. The smallest absolute Gasteiger partial charge is 0.350 e. The highest BCUT2D eigenvalue weighted by Gasteiger charge is 2.29. The minimum absolute atomic E-state index is 0.0935. The van der Waals surface area contributed by atoms with Crippen LogP contribution in [0.5, 0.6) is 0 Å². The van der Waals surface area contributed by atoms with Gasteiger partial charge in [0.25, 0.3) is 0 Å². The van der Waals surface area contributed by atoms with Gasteiger partial charge in [-0.1, -0.05) is 30.3 Å². The molecule has 1 aromatic carbocycles. The fourth-order valence-corrected chi connectivity index (χ4v) is 2.38. The number of aliphatic carboxylic acids is 1. The molecule has 0 amide bonds. The molecule has 0 saturated heterocycles. The monoisotopic (exact) mass is 257 g/mol. The molecule has 6 nitrogen and oxygen atoms in total. The van der Waals surface area contributed by atoms with Crippen LogP contribution in [0.3, 0.4) is 0 Å². The summed E-state index contributed by atoms with van der Waals surface area (Å²) in [5.74, 6) is -2.31. The molecule has 0 aliphatic rings. The van der Waals surface area contributed by atoms with Gasteiger partial charge in [-0.05, 0) is 12.0 Å². The maximum absolute atomic E-state index is 11.1. The molecule has 17 heavy (non-hydrogen) atoms. The molecular formula is C10H12NO5P. The van der Waals surface area contributed by atoms with E-state index in [1.807, 2.05) is 0 Å². The number of nitrogens with zero attached hydrogens (tertiary/aromatic N) is 1. The first-order valence-electron chi connectivity index (χ1n) is 4.88. The maximum atomic E-state index is 11.1. The zero-order valence-corrected chi connectivity index (χ0v) is 9.79. The van der Waals surface area contributed by atoms with E-state index in [9.17, 15) is 14.3 Å². The van der Waals surface area contributed by atoms with Crippen molar-refractivity contribution in [1.82, 2.24) is 0 Å². The molecule has 0 saturated carbocycles. The van der Waals surface area contributed by atoms with Crippen molar-refractivity contribution in [3.05, 3.63) is 40.8 Å². The lowest BCUT2D eigenvalue weighted by molar-refractivity contribution is -0.141. The molecule has 1 aromatic rings. The van der Waals surface area contributed by atoms with Crippen LogP contribution in [-0.4, -0.2) is 22.1 Å². The van der Waals surface area contributed by atoms with E-state index >= 15 is 0 Å². The molecule has 0 bridgehead atoms. The Balaban J connectivity index is 2.78. The predicted molar refractivity (Wildman–Crippen MR) is 61.8 cm³/mol. The zero-order valence-electron chi connectivity index (χ0n) is 8.89. The first kappa shape index (κ1) is 13.5. The molecule has 0 heterocycles. The molecule has 0 aliphatic heterocycles. The molecule has 0 radical (unpaired) electrons. The third-order valence-corrected chi connectivity index (χ3v) is 3.43. The van der Waals surface area contributed by atoms with Crippen LogP contribution < -0.4 is 0 Å². The minimum Gasteiger partial charge on any atom is -0.481 e. The second-order valence-corrected chi connectivity index (χ2v) is 5.51. The Hall–Kier alpha value is -1.52. The van der Waals surface area contributed by atoms with Crippen LogP contribution in [0.4, 0.5) is 0 Å². The molecule has 92 valence electrons. The van der Waals surface area contributed by atoms with Gasteiger partial charge in [0.15, 0.2) is 0 Å². The van der Waals surface area contributed by atoms with Gasteiger partial charge in [-0.3, -0.25) is 9.36 Å². The van der Waals surface area contributed by atoms with Crippen molar-refractivity contribution in [2.45, 2.75) is 6.42 Å². The third kappa shape index (κ3) is 4.46. The van der Waals surface area contributed by atoms with Crippen molar-refractivity contribution >= 4 is 13.5 Å². The van der Waals surface area contributed by atoms with Gasteiger partial charge in [0.1, 0.15) is 0 Å². The molecule has 2 N–H and O–H groups in total. The van der Waals surface area contributed by atoms with E-state index in [0.29, 0.717) is 0 Å². The van der Waals surface area contributed by atoms with E-state index in [-0.39, 0.29) is 6.42 Å². The first-order chi connectivity index (χ1) is 7.94. The van der Waals surface area contributed by atoms with Gasteiger partial charge in [0.05, 0.1) is 12.1 Å². The van der Waals surface area contributed by atoms with Crippen molar-refractivity contribution in [2.24, 2.45) is 10.9 Å². The zero-order chi connectivity index (χ0) is 12.9. The van der Waals surface area contributed by atoms with E-state index < -0.39 is 25.6 Å². The maximum Gasteiger partial charge on any atom is 0.350 e. The summed E-state index contributed by atoms with van der Waals surface area (Å²) in [5.41, 5.74) is 0.728. The van der Waals surface area contributed by atoms with E-state index in [0.717, 1.165) is 5.56 Å². The Bertz CT molecular complexity index is 447. The Labute approximate surface area is 97.8 Å². The molecule has 2 atom stereocenters. The van der Waals surface area contributed by atoms with Crippen molar-refractivity contribution in [1.29, 1.82) is 0 Å². The van der Waals surface area contributed by atoms with Crippen LogP contribution in [0.25, 0.3) is 0 Å².